The standard InChI is InChI=1S/C15H9Cl3FNO3/c16-10-5-12(18)13(6-11(10)17)20-14(21)7-23-15(22)8-1-3-9(19)4-2-8/h1-6H,7H2,(H,20,21). The van der Waals surface area contributed by atoms with E-state index in [1.54, 1.807) is 0 Å². The van der Waals surface area contributed by atoms with Crippen molar-refractivity contribution in [2.24, 2.45) is 0 Å². The normalized spacial score (nSPS) is 10.3. The van der Waals surface area contributed by atoms with Crippen molar-refractivity contribution in [1.29, 1.82) is 0 Å². The summed E-state index contributed by atoms with van der Waals surface area (Å²) in [5, 5.41) is 3.10. The molecule has 0 saturated heterocycles. The van der Waals surface area contributed by atoms with E-state index in [1.165, 1.54) is 24.3 Å². The number of hydrogen-bond donors (Lipinski definition) is 1. The van der Waals surface area contributed by atoms with Crippen LogP contribution in [-0.2, 0) is 9.53 Å². The third-order valence-electron chi connectivity index (χ3n) is 2.70. The minimum Gasteiger partial charge on any atom is -0.452 e. The maximum absolute atomic E-state index is 12.8. The number of ether oxygens (including phenoxy) is 1. The largest absolute Gasteiger partial charge is 0.452 e. The molecule has 2 rings (SSSR count). The van der Waals surface area contributed by atoms with Gasteiger partial charge in [-0.15, -0.1) is 0 Å². The van der Waals surface area contributed by atoms with Crippen molar-refractivity contribution in [3.8, 4) is 0 Å². The number of hydrogen-bond acceptors (Lipinski definition) is 3. The van der Waals surface area contributed by atoms with Crippen LogP contribution in [0.25, 0.3) is 0 Å². The summed E-state index contributed by atoms with van der Waals surface area (Å²) >= 11 is 17.5. The minimum absolute atomic E-state index is 0.131. The lowest BCUT2D eigenvalue weighted by Crippen LogP contribution is -2.21. The lowest BCUT2D eigenvalue weighted by Gasteiger charge is -2.09. The number of carbonyl (C=O) groups is 2. The lowest BCUT2D eigenvalue weighted by atomic mass is 10.2. The molecule has 2 aromatic rings. The number of benzene rings is 2. The van der Waals surface area contributed by atoms with Crippen LogP contribution >= 0.6 is 34.8 Å². The van der Waals surface area contributed by atoms with Gasteiger partial charge in [0, 0.05) is 0 Å². The molecule has 1 N–H and O–H groups in total. The molecule has 0 saturated carbocycles. The predicted octanol–water partition coefficient (Wildman–Crippen LogP) is 4.58. The van der Waals surface area contributed by atoms with E-state index in [1.807, 2.05) is 0 Å². The molecule has 23 heavy (non-hydrogen) atoms. The Labute approximate surface area is 146 Å². The van der Waals surface area contributed by atoms with Crippen molar-refractivity contribution in [3.63, 3.8) is 0 Å². The highest BCUT2D eigenvalue weighted by Crippen LogP contribution is 2.32. The molecule has 0 radical (unpaired) electrons. The maximum Gasteiger partial charge on any atom is 0.338 e. The van der Waals surface area contributed by atoms with Crippen LogP contribution in [-0.4, -0.2) is 18.5 Å². The number of esters is 1. The molecular weight excluding hydrogens is 368 g/mol. The first-order valence-corrected chi connectivity index (χ1v) is 7.37. The smallest absolute Gasteiger partial charge is 0.338 e. The second-order valence-electron chi connectivity index (χ2n) is 4.38. The number of amides is 1. The fourth-order valence-electron chi connectivity index (χ4n) is 1.61. The van der Waals surface area contributed by atoms with Gasteiger partial charge >= 0.3 is 5.97 Å². The number of halogens is 4. The zero-order valence-corrected chi connectivity index (χ0v) is 13.7. The Kier molecular flexibility index (Phi) is 5.82. The van der Waals surface area contributed by atoms with Gasteiger partial charge in [-0.3, -0.25) is 4.79 Å². The average molecular weight is 377 g/mol. The minimum atomic E-state index is -0.750. The first kappa shape index (κ1) is 17.5. The highest BCUT2D eigenvalue weighted by atomic mass is 35.5. The molecule has 1 amide bonds. The van der Waals surface area contributed by atoms with Gasteiger partial charge in [0.25, 0.3) is 5.91 Å². The molecule has 0 spiro atoms. The van der Waals surface area contributed by atoms with E-state index < -0.39 is 24.3 Å². The monoisotopic (exact) mass is 375 g/mol. The summed E-state index contributed by atoms with van der Waals surface area (Å²) < 4.78 is 17.6. The van der Waals surface area contributed by atoms with E-state index in [2.05, 4.69) is 5.32 Å². The third kappa shape index (κ3) is 4.82. The molecule has 120 valence electrons. The SMILES string of the molecule is O=C(COC(=O)c1ccc(F)cc1)Nc1cc(Cl)c(Cl)cc1Cl. The van der Waals surface area contributed by atoms with Gasteiger partial charge < -0.3 is 10.1 Å². The number of anilines is 1. The van der Waals surface area contributed by atoms with Gasteiger partial charge in [0.05, 0.1) is 26.3 Å². The molecule has 0 atom stereocenters. The molecule has 0 fully saturated rings. The molecule has 0 aliphatic heterocycles. The topological polar surface area (TPSA) is 55.4 Å². The van der Waals surface area contributed by atoms with Crippen LogP contribution in [0, 0.1) is 5.82 Å². The molecule has 0 heterocycles. The highest BCUT2D eigenvalue weighted by molar-refractivity contribution is 6.44. The van der Waals surface area contributed by atoms with Crippen LogP contribution in [0.2, 0.25) is 15.1 Å². The van der Waals surface area contributed by atoms with E-state index >= 15 is 0 Å². The van der Waals surface area contributed by atoms with E-state index in [9.17, 15) is 14.0 Å². The number of nitrogens with one attached hydrogen (secondary N) is 1. The van der Waals surface area contributed by atoms with Gasteiger partial charge in [0.1, 0.15) is 5.82 Å². The molecule has 0 aliphatic rings. The number of carbonyl (C=O) groups excluding carboxylic acids is 2. The molecular formula is C15H9Cl3FNO3. The van der Waals surface area contributed by atoms with Crippen LogP contribution in [0.1, 0.15) is 10.4 Å². The van der Waals surface area contributed by atoms with E-state index in [4.69, 9.17) is 39.5 Å². The summed E-state index contributed by atoms with van der Waals surface area (Å²) in [4.78, 5) is 23.5. The second kappa shape index (κ2) is 7.64. The van der Waals surface area contributed by atoms with E-state index in [0.717, 1.165) is 12.1 Å². The summed E-state index contributed by atoms with van der Waals surface area (Å²) in [6.07, 6.45) is 0. The zero-order valence-electron chi connectivity index (χ0n) is 11.4. The predicted molar refractivity (Wildman–Crippen MR) is 86.8 cm³/mol. The van der Waals surface area contributed by atoms with Gasteiger partial charge in [-0.05, 0) is 36.4 Å². The molecule has 0 aromatic heterocycles. The van der Waals surface area contributed by atoms with E-state index in [0.29, 0.717) is 0 Å². The summed E-state index contributed by atoms with van der Waals surface area (Å²) in [5.41, 5.74) is 0.371. The van der Waals surface area contributed by atoms with Gasteiger partial charge in [0.15, 0.2) is 6.61 Å². The molecule has 0 aliphatic carbocycles. The van der Waals surface area contributed by atoms with Crippen LogP contribution in [0.15, 0.2) is 36.4 Å². The van der Waals surface area contributed by atoms with Crippen LogP contribution in [0.4, 0.5) is 10.1 Å². The quantitative estimate of drug-likeness (QED) is 0.627. The average Bonchev–Trinajstić information content (AvgIpc) is 2.51. The highest BCUT2D eigenvalue weighted by Gasteiger charge is 2.13. The second-order valence-corrected chi connectivity index (χ2v) is 5.60. The Bertz CT molecular complexity index is 750. The molecule has 8 heteroatoms. The van der Waals surface area contributed by atoms with Crippen LogP contribution in [0.3, 0.4) is 0 Å². The molecule has 0 bridgehead atoms. The Morgan fingerprint density at radius 1 is 1.00 bits per heavy atom. The molecule has 4 nitrogen and oxygen atoms in total. The van der Waals surface area contributed by atoms with Crippen molar-refractivity contribution in [2.45, 2.75) is 0 Å². The first-order valence-electron chi connectivity index (χ1n) is 6.24. The molecule has 2 aromatic carbocycles. The summed E-state index contributed by atoms with van der Waals surface area (Å²) in [5.74, 6) is -1.84. The summed E-state index contributed by atoms with van der Waals surface area (Å²) in [7, 11) is 0. The number of rotatable bonds is 4. The van der Waals surface area contributed by atoms with Crippen molar-refractivity contribution < 1.29 is 18.7 Å². The van der Waals surface area contributed by atoms with Gasteiger partial charge in [-0.2, -0.15) is 0 Å². The van der Waals surface area contributed by atoms with Gasteiger partial charge in [-0.25, -0.2) is 9.18 Å². The van der Waals surface area contributed by atoms with Crippen molar-refractivity contribution in [2.75, 3.05) is 11.9 Å². The Morgan fingerprint density at radius 3 is 2.26 bits per heavy atom. The maximum atomic E-state index is 12.8. The summed E-state index contributed by atoms with van der Waals surface area (Å²) in [6.45, 7) is -0.535. The lowest BCUT2D eigenvalue weighted by molar-refractivity contribution is -0.119. The van der Waals surface area contributed by atoms with Crippen LogP contribution in [0.5, 0.6) is 0 Å². The van der Waals surface area contributed by atoms with Gasteiger partial charge in [0.2, 0.25) is 0 Å². The zero-order chi connectivity index (χ0) is 17.0. The fourth-order valence-corrected chi connectivity index (χ4v) is 2.20. The fraction of sp³-hybridized carbons (Fsp3) is 0.0667. The Morgan fingerprint density at radius 2 is 1.61 bits per heavy atom. The van der Waals surface area contributed by atoms with Crippen molar-refractivity contribution in [1.82, 2.24) is 0 Å². The van der Waals surface area contributed by atoms with Crippen LogP contribution < -0.4 is 5.32 Å². The first-order chi connectivity index (χ1) is 10.9. The Balaban J connectivity index is 1.94. The summed E-state index contributed by atoms with van der Waals surface area (Å²) in [6, 6.07) is 7.51. The van der Waals surface area contributed by atoms with Crippen molar-refractivity contribution >= 4 is 52.4 Å². The van der Waals surface area contributed by atoms with Crippen molar-refractivity contribution in [3.05, 3.63) is 62.8 Å². The Hall–Kier alpha value is -1.82. The van der Waals surface area contributed by atoms with E-state index in [-0.39, 0.29) is 26.3 Å². The van der Waals surface area contributed by atoms with Gasteiger partial charge in [-0.1, -0.05) is 34.8 Å². The third-order valence-corrected chi connectivity index (χ3v) is 3.73. The molecule has 0 unspecified atom stereocenters.